The Hall–Kier alpha value is -2.01. The zero-order chi connectivity index (χ0) is 23.0. The lowest BCUT2D eigenvalue weighted by molar-refractivity contribution is 0.171. The Bertz CT molecular complexity index is 932. The van der Waals surface area contributed by atoms with E-state index in [1.165, 1.54) is 17.7 Å². The number of unbranched alkanes of at least 4 members (excludes halogenated alkanes) is 1. The molecule has 0 unspecified atom stereocenters. The zero-order valence-electron chi connectivity index (χ0n) is 20.2. The summed E-state index contributed by atoms with van der Waals surface area (Å²) < 4.78 is 15.6. The molecule has 0 aliphatic carbocycles. The van der Waals surface area contributed by atoms with Crippen LogP contribution >= 0.6 is 0 Å². The highest BCUT2D eigenvalue weighted by molar-refractivity contribution is 5.77. The van der Waals surface area contributed by atoms with E-state index in [2.05, 4.69) is 38.7 Å². The van der Waals surface area contributed by atoms with Gasteiger partial charge in [-0.1, -0.05) is 45.3 Å². The molecule has 1 aromatic heterocycles. The highest BCUT2D eigenvalue weighted by atomic mass is 19.1. The third-order valence-corrected chi connectivity index (χ3v) is 5.85. The molecule has 0 amide bonds. The van der Waals surface area contributed by atoms with Crippen molar-refractivity contribution < 1.29 is 4.39 Å². The fraction of sp³-hybridized carbons (Fsp3) is 0.615. The van der Waals surface area contributed by atoms with Crippen molar-refractivity contribution in [2.45, 2.75) is 92.2 Å². The van der Waals surface area contributed by atoms with E-state index in [9.17, 15) is 9.18 Å². The molecule has 0 spiro atoms. The molecule has 0 aliphatic rings. The molecule has 0 N–H and O–H groups in total. The summed E-state index contributed by atoms with van der Waals surface area (Å²) in [5.74, 6) is 0.413. The summed E-state index contributed by atoms with van der Waals surface area (Å²) in [5, 5.41) is 0.356. The van der Waals surface area contributed by atoms with E-state index >= 15 is 0 Å². The van der Waals surface area contributed by atoms with Crippen molar-refractivity contribution in [3.05, 3.63) is 51.8 Å². The first-order valence-electron chi connectivity index (χ1n) is 11.9. The lowest BCUT2D eigenvalue weighted by atomic mass is 10.0. The summed E-state index contributed by atoms with van der Waals surface area (Å²) in [6.45, 7) is 14.7. The van der Waals surface area contributed by atoms with Crippen LogP contribution in [0, 0.1) is 5.82 Å². The van der Waals surface area contributed by atoms with E-state index in [1.54, 1.807) is 10.6 Å². The molecular formula is C26H40FN3O. The van der Waals surface area contributed by atoms with E-state index in [4.69, 9.17) is 4.98 Å². The summed E-state index contributed by atoms with van der Waals surface area (Å²) in [7, 11) is 0. The highest BCUT2D eigenvalue weighted by Crippen LogP contribution is 2.28. The SMILES string of the molecule is CC/C=C(/C)CCN(CCCC)[C@H](CCC)c1nc2ccc(F)cc2c(=O)n1C(C)C. The van der Waals surface area contributed by atoms with Gasteiger partial charge in [0.15, 0.2) is 0 Å². The van der Waals surface area contributed by atoms with Gasteiger partial charge in [-0.25, -0.2) is 9.37 Å². The highest BCUT2D eigenvalue weighted by Gasteiger charge is 2.26. The van der Waals surface area contributed by atoms with E-state index in [0.717, 1.165) is 57.4 Å². The second kappa shape index (κ2) is 12.1. The Morgan fingerprint density at radius 3 is 2.55 bits per heavy atom. The number of allylic oxidation sites excluding steroid dienone is 1. The number of rotatable bonds is 12. The number of halogens is 1. The molecule has 0 radical (unpaired) electrons. The number of benzene rings is 1. The Labute approximate surface area is 187 Å². The second-order valence-electron chi connectivity index (χ2n) is 8.80. The first-order chi connectivity index (χ1) is 14.8. The fourth-order valence-electron chi connectivity index (χ4n) is 4.23. The fourth-order valence-corrected chi connectivity index (χ4v) is 4.23. The van der Waals surface area contributed by atoms with Crippen molar-refractivity contribution in [1.82, 2.24) is 14.5 Å². The Kier molecular flexibility index (Phi) is 9.89. The van der Waals surface area contributed by atoms with Crippen LogP contribution in [0.4, 0.5) is 4.39 Å². The quantitative estimate of drug-likeness (QED) is 0.348. The molecule has 172 valence electrons. The molecule has 4 nitrogen and oxygen atoms in total. The molecule has 0 bridgehead atoms. The predicted molar refractivity (Wildman–Crippen MR) is 129 cm³/mol. The van der Waals surface area contributed by atoms with Gasteiger partial charge in [0.1, 0.15) is 11.6 Å². The molecule has 1 aromatic carbocycles. The molecule has 5 heteroatoms. The maximum Gasteiger partial charge on any atom is 0.261 e. The summed E-state index contributed by atoms with van der Waals surface area (Å²) in [6, 6.07) is 4.36. The summed E-state index contributed by atoms with van der Waals surface area (Å²) in [4.78, 5) is 20.8. The van der Waals surface area contributed by atoms with E-state index < -0.39 is 5.82 Å². The molecule has 31 heavy (non-hydrogen) atoms. The standard InChI is InChI=1S/C26H40FN3O/c1-7-10-16-29(17-15-20(6)11-8-2)24(12-9-3)25-28-23-14-13-21(27)18-22(23)26(31)30(25)19(4)5/h11,13-14,18-19,24H,7-10,12,15-17H2,1-6H3/b20-11-/t24-/m1/s1. The van der Waals surface area contributed by atoms with E-state index in [1.807, 2.05) is 13.8 Å². The molecule has 0 fully saturated rings. The normalized spacial score (nSPS) is 13.5. The van der Waals surface area contributed by atoms with Crippen LogP contribution in [0.2, 0.25) is 0 Å². The molecule has 1 atom stereocenters. The molecule has 0 saturated carbocycles. The first-order valence-corrected chi connectivity index (χ1v) is 11.9. The number of aromatic nitrogens is 2. The second-order valence-corrected chi connectivity index (χ2v) is 8.80. The van der Waals surface area contributed by atoms with Gasteiger partial charge in [0.05, 0.1) is 16.9 Å². The van der Waals surface area contributed by atoms with Crippen LogP contribution in [-0.2, 0) is 0 Å². The minimum absolute atomic E-state index is 0.0447. The third kappa shape index (κ3) is 6.49. The van der Waals surface area contributed by atoms with Crippen molar-refractivity contribution in [3.63, 3.8) is 0 Å². The van der Waals surface area contributed by atoms with Crippen LogP contribution in [0.15, 0.2) is 34.6 Å². The van der Waals surface area contributed by atoms with Crippen molar-refractivity contribution in [3.8, 4) is 0 Å². The van der Waals surface area contributed by atoms with Crippen LogP contribution in [0.25, 0.3) is 10.9 Å². The molecule has 2 rings (SSSR count). The van der Waals surface area contributed by atoms with Gasteiger partial charge < -0.3 is 0 Å². The summed E-state index contributed by atoms with van der Waals surface area (Å²) >= 11 is 0. The maximum absolute atomic E-state index is 13.8. The van der Waals surface area contributed by atoms with Crippen LogP contribution in [-0.4, -0.2) is 27.5 Å². The van der Waals surface area contributed by atoms with Crippen LogP contribution in [0.3, 0.4) is 0 Å². The van der Waals surface area contributed by atoms with Crippen molar-refractivity contribution in [1.29, 1.82) is 0 Å². The van der Waals surface area contributed by atoms with Crippen LogP contribution in [0.5, 0.6) is 0 Å². The predicted octanol–water partition coefficient (Wildman–Crippen LogP) is 6.81. The topological polar surface area (TPSA) is 38.1 Å². The van der Waals surface area contributed by atoms with Gasteiger partial charge in [0.2, 0.25) is 0 Å². The van der Waals surface area contributed by atoms with Crippen molar-refractivity contribution in [2.24, 2.45) is 0 Å². The monoisotopic (exact) mass is 429 g/mol. The number of fused-ring (bicyclic) bond motifs is 1. The van der Waals surface area contributed by atoms with Crippen molar-refractivity contribution in [2.75, 3.05) is 13.1 Å². The van der Waals surface area contributed by atoms with Gasteiger partial charge in [-0.2, -0.15) is 0 Å². The molecular weight excluding hydrogens is 389 g/mol. The van der Waals surface area contributed by atoms with Crippen LogP contribution < -0.4 is 5.56 Å². The molecule has 0 aliphatic heterocycles. The minimum Gasteiger partial charge on any atom is -0.293 e. The van der Waals surface area contributed by atoms with Gasteiger partial charge in [0, 0.05) is 12.6 Å². The zero-order valence-corrected chi connectivity index (χ0v) is 20.2. The van der Waals surface area contributed by atoms with Crippen LogP contribution in [0.1, 0.15) is 98.0 Å². The number of hydrogen-bond donors (Lipinski definition) is 0. The number of hydrogen-bond acceptors (Lipinski definition) is 3. The Morgan fingerprint density at radius 1 is 1.19 bits per heavy atom. The van der Waals surface area contributed by atoms with Gasteiger partial charge in [-0.15, -0.1) is 0 Å². The van der Waals surface area contributed by atoms with Gasteiger partial charge in [0.25, 0.3) is 5.56 Å². The molecule has 0 saturated heterocycles. The average Bonchev–Trinajstić information content (AvgIpc) is 2.73. The molecule has 2 aromatic rings. The lowest BCUT2D eigenvalue weighted by Crippen LogP contribution is -2.37. The average molecular weight is 430 g/mol. The maximum atomic E-state index is 13.8. The summed E-state index contributed by atoms with van der Waals surface area (Å²) in [5.41, 5.74) is 1.84. The first kappa shape index (κ1) is 25.3. The minimum atomic E-state index is -0.401. The smallest absolute Gasteiger partial charge is 0.261 e. The van der Waals surface area contributed by atoms with E-state index in [0.29, 0.717) is 10.9 Å². The Morgan fingerprint density at radius 2 is 1.94 bits per heavy atom. The largest absolute Gasteiger partial charge is 0.293 e. The van der Waals surface area contributed by atoms with Crippen molar-refractivity contribution >= 4 is 10.9 Å². The lowest BCUT2D eigenvalue weighted by Gasteiger charge is -2.33. The van der Waals surface area contributed by atoms with E-state index in [-0.39, 0.29) is 17.6 Å². The number of nitrogens with zero attached hydrogens (tertiary/aromatic N) is 3. The summed E-state index contributed by atoms with van der Waals surface area (Å²) in [6.07, 6.45) is 8.54. The van der Waals surface area contributed by atoms with Gasteiger partial charge >= 0.3 is 0 Å². The van der Waals surface area contributed by atoms with Gasteiger partial charge in [-0.3, -0.25) is 14.3 Å². The Balaban J connectivity index is 2.60. The molecule has 1 heterocycles. The van der Waals surface area contributed by atoms with Gasteiger partial charge in [-0.05, 0) is 71.2 Å². The third-order valence-electron chi connectivity index (χ3n) is 5.85.